The number of alkyl halides is 3. The van der Waals surface area contributed by atoms with Gasteiger partial charge in [0.2, 0.25) is 0 Å². The molecule has 1 atom stereocenters. The molecule has 186 valence electrons. The van der Waals surface area contributed by atoms with Gasteiger partial charge in [-0.25, -0.2) is 4.79 Å². The van der Waals surface area contributed by atoms with Gasteiger partial charge in [-0.3, -0.25) is 0 Å². The van der Waals surface area contributed by atoms with E-state index in [1.165, 1.54) is 30.3 Å². The van der Waals surface area contributed by atoms with Crippen molar-refractivity contribution in [2.45, 2.75) is 26.0 Å². The molecule has 0 aliphatic carbocycles. The molecule has 0 bridgehead atoms. The SMILES string of the molecule is CCOC(=O)c1ccc(OCc2ccc(OC(F)(F)F)cc2)c(OC(COC)c2ccccc2)c1. The van der Waals surface area contributed by atoms with Crippen LogP contribution >= 0.6 is 0 Å². The van der Waals surface area contributed by atoms with Gasteiger partial charge >= 0.3 is 12.3 Å². The van der Waals surface area contributed by atoms with Crippen molar-refractivity contribution in [2.24, 2.45) is 0 Å². The van der Waals surface area contributed by atoms with Crippen molar-refractivity contribution in [2.75, 3.05) is 20.3 Å². The Bertz CT molecular complexity index is 1080. The van der Waals surface area contributed by atoms with Crippen molar-refractivity contribution in [3.63, 3.8) is 0 Å². The first-order valence-corrected chi connectivity index (χ1v) is 10.8. The standard InChI is InChI=1S/C26H25F3O6/c1-3-32-25(30)20-11-14-22(33-16-18-9-12-21(13-10-18)35-26(27,28)29)23(15-20)34-24(17-31-2)19-7-5-4-6-8-19/h4-15,24H,3,16-17H2,1-2H3. The highest BCUT2D eigenvalue weighted by Gasteiger charge is 2.31. The summed E-state index contributed by atoms with van der Waals surface area (Å²) in [6.07, 6.45) is -5.25. The highest BCUT2D eigenvalue weighted by molar-refractivity contribution is 5.90. The minimum atomic E-state index is -4.76. The Balaban J connectivity index is 1.82. The lowest BCUT2D eigenvalue weighted by atomic mass is 10.1. The molecule has 0 spiro atoms. The van der Waals surface area contributed by atoms with Crippen LogP contribution in [0.1, 0.15) is 34.5 Å². The molecule has 0 saturated carbocycles. The summed E-state index contributed by atoms with van der Waals surface area (Å²) < 4.78 is 63.5. The minimum Gasteiger partial charge on any atom is -0.485 e. The summed E-state index contributed by atoms with van der Waals surface area (Å²) in [7, 11) is 1.55. The molecule has 0 amide bonds. The van der Waals surface area contributed by atoms with Crippen LogP contribution in [-0.4, -0.2) is 32.7 Å². The second-order valence-corrected chi connectivity index (χ2v) is 7.33. The first kappa shape index (κ1) is 25.9. The average molecular weight is 490 g/mol. The number of hydrogen-bond acceptors (Lipinski definition) is 6. The van der Waals surface area contributed by atoms with Crippen LogP contribution in [0.4, 0.5) is 13.2 Å². The zero-order valence-corrected chi connectivity index (χ0v) is 19.2. The summed E-state index contributed by atoms with van der Waals surface area (Å²) in [6.45, 7) is 2.22. The lowest BCUT2D eigenvalue weighted by Gasteiger charge is -2.21. The minimum absolute atomic E-state index is 0.0433. The van der Waals surface area contributed by atoms with E-state index < -0.39 is 18.4 Å². The second-order valence-electron chi connectivity index (χ2n) is 7.33. The smallest absolute Gasteiger partial charge is 0.485 e. The Hall–Kier alpha value is -3.72. The summed E-state index contributed by atoms with van der Waals surface area (Å²) in [6, 6.07) is 19.4. The molecule has 6 nitrogen and oxygen atoms in total. The fraction of sp³-hybridized carbons (Fsp3) is 0.269. The molecule has 9 heteroatoms. The van der Waals surface area contributed by atoms with Crippen LogP contribution < -0.4 is 14.2 Å². The highest BCUT2D eigenvalue weighted by Crippen LogP contribution is 2.34. The summed E-state index contributed by atoms with van der Waals surface area (Å²) in [5, 5.41) is 0. The molecule has 0 aromatic heterocycles. The molecule has 0 saturated heterocycles. The predicted octanol–water partition coefficient (Wildman–Crippen LogP) is 6.11. The number of ether oxygens (including phenoxy) is 5. The maximum absolute atomic E-state index is 12.4. The van der Waals surface area contributed by atoms with Crippen molar-refractivity contribution in [1.29, 1.82) is 0 Å². The van der Waals surface area contributed by atoms with E-state index in [9.17, 15) is 18.0 Å². The van der Waals surface area contributed by atoms with Gasteiger partial charge in [0.25, 0.3) is 0 Å². The topological polar surface area (TPSA) is 63.2 Å². The fourth-order valence-electron chi connectivity index (χ4n) is 3.18. The van der Waals surface area contributed by atoms with Crippen LogP contribution in [0.2, 0.25) is 0 Å². The maximum atomic E-state index is 12.4. The van der Waals surface area contributed by atoms with E-state index in [2.05, 4.69) is 4.74 Å². The van der Waals surface area contributed by atoms with Crippen LogP contribution in [0.3, 0.4) is 0 Å². The van der Waals surface area contributed by atoms with E-state index in [1.807, 2.05) is 30.3 Å². The van der Waals surface area contributed by atoms with Gasteiger partial charge in [-0.2, -0.15) is 0 Å². The number of esters is 1. The van der Waals surface area contributed by atoms with Gasteiger partial charge < -0.3 is 23.7 Å². The Morgan fingerprint density at radius 1 is 0.943 bits per heavy atom. The lowest BCUT2D eigenvalue weighted by molar-refractivity contribution is -0.274. The van der Waals surface area contributed by atoms with Gasteiger partial charge in [0.1, 0.15) is 18.5 Å². The third-order valence-electron chi connectivity index (χ3n) is 4.76. The van der Waals surface area contributed by atoms with E-state index in [4.69, 9.17) is 18.9 Å². The number of hydrogen-bond donors (Lipinski definition) is 0. The maximum Gasteiger partial charge on any atom is 0.573 e. The van der Waals surface area contributed by atoms with Gasteiger partial charge in [-0.1, -0.05) is 42.5 Å². The van der Waals surface area contributed by atoms with Crippen molar-refractivity contribution in [1.82, 2.24) is 0 Å². The van der Waals surface area contributed by atoms with Crippen molar-refractivity contribution < 1.29 is 41.7 Å². The molecule has 0 aliphatic rings. The van der Waals surface area contributed by atoms with E-state index in [0.29, 0.717) is 17.1 Å². The first-order chi connectivity index (χ1) is 16.8. The second kappa shape index (κ2) is 12.1. The Labute approximate surface area is 201 Å². The molecule has 0 fully saturated rings. The molecule has 0 N–H and O–H groups in total. The summed E-state index contributed by atoms with van der Waals surface area (Å²) in [5.74, 6) is -0.203. The number of carbonyl (C=O) groups is 1. The van der Waals surface area contributed by atoms with Crippen LogP contribution in [-0.2, 0) is 16.1 Å². The quantitative estimate of drug-likeness (QED) is 0.303. The Kier molecular flexibility index (Phi) is 8.97. The number of benzene rings is 3. The van der Waals surface area contributed by atoms with Gasteiger partial charge in [-0.05, 0) is 48.4 Å². The van der Waals surface area contributed by atoms with Crippen molar-refractivity contribution in [3.05, 3.63) is 89.5 Å². The molecule has 1 unspecified atom stereocenters. The number of halogens is 3. The van der Waals surface area contributed by atoms with Crippen molar-refractivity contribution >= 4 is 5.97 Å². The van der Waals surface area contributed by atoms with Crippen LogP contribution in [0.25, 0.3) is 0 Å². The molecule has 0 aliphatic heterocycles. The molecule has 0 radical (unpaired) electrons. The summed E-state index contributed by atoms with van der Waals surface area (Å²) in [5.41, 5.74) is 1.76. The normalized spacial score (nSPS) is 12.0. The van der Waals surface area contributed by atoms with E-state index in [1.54, 1.807) is 26.2 Å². The van der Waals surface area contributed by atoms with Crippen LogP contribution in [0.5, 0.6) is 17.2 Å². The highest BCUT2D eigenvalue weighted by atomic mass is 19.4. The molecule has 0 heterocycles. The van der Waals surface area contributed by atoms with Crippen LogP contribution in [0, 0.1) is 0 Å². The molecule has 35 heavy (non-hydrogen) atoms. The van der Waals surface area contributed by atoms with Gasteiger partial charge in [-0.15, -0.1) is 13.2 Å². The van der Waals surface area contributed by atoms with E-state index in [-0.39, 0.29) is 31.1 Å². The zero-order chi connectivity index (χ0) is 25.3. The summed E-state index contributed by atoms with van der Waals surface area (Å²) >= 11 is 0. The third kappa shape index (κ3) is 7.92. The largest absolute Gasteiger partial charge is 0.573 e. The van der Waals surface area contributed by atoms with E-state index >= 15 is 0 Å². The van der Waals surface area contributed by atoms with Crippen molar-refractivity contribution in [3.8, 4) is 17.2 Å². The number of rotatable bonds is 11. The van der Waals surface area contributed by atoms with Gasteiger partial charge in [0, 0.05) is 7.11 Å². The number of methoxy groups -OCH3 is 1. The molecule has 3 aromatic rings. The lowest BCUT2D eigenvalue weighted by Crippen LogP contribution is -2.17. The fourth-order valence-corrected chi connectivity index (χ4v) is 3.18. The molecular formula is C26H25F3O6. The predicted molar refractivity (Wildman–Crippen MR) is 122 cm³/mol. The Morgan fingerprint density at radius 3 is 2.29 bits per heavy atom. The van der Waals surface area contributed by atoms with Crippen LogP contribution in [0.15, 0.2) is 72.8 Å². The zero-order valence-electron chi connectivity index (χ0n) is 19.2. The van der Waals surface area contributed by atoms with Gasteiger partial charge in [0.15, 0.2) is 11.5 Å². The Morgan fingerprint density at radius 2 is 1.66 bits per heavy atom. The molecule has 3 rings (SSSR count). The summed E-state index contributed by atoms with van der Waals surface area (Å²) in [4.78, 5) is 12.3. The third-order valence-corrected chi connectivity index (χ3v) is 4.76. The van der Waals surface area contributed by atoms with E-state index in [0.717, 1.165) is 5.56 Å². The molecule has 3 aromatic carbocycles. The molecular weight excluding hydrogens is 465 g/mol. The first-order valence-electron chi connectivity index (χ1n) is 10.8. The monoisotopic (exact) mass is 490 g/mol. The number of carbonyl (C=O) groups excluding carboxylic acids is 1. The van der Waals surface area contributed by atoms with Gasteiger partial charge in [0.05, 0.1) is 18.8 Å². The average Bonchev–Trinajstić information content (AvgIpc) is 2.83.